The Morgan fingerprint density at radius 2 is 1.72 bits per heavy atom. The summed E-state index contributed by atoms with van der Waals surface area (Å²) in [6.07, 6.45) is 3.95. The van der Waals surface area contributed by atoms with Gasteiger partial charge in [-0.1, -0.05) is 6.92 Å². The van der Waals surface area contributed by atoms with E-state index in [-0.39, 0.29) is 18.6 Å². The quantitative estimate of drug-likeness (QED) is 0.858. The Balaban J connectivity index is 1.51. The molecule has 0 bridgehead atoms. The number of aliphatic hydroxyl groups is 1. The number of nitrogens with one attached hydrogen (secondary N) is 1. The van der Waals surface area contributed by atoms with Crippen LogP contribution in [0.15, 0.2) is 24.3 Å². The van der Waals surface area contributed by atoms with Crippen LogP contribution in [0.25, 0.3) is 0 Å². The van der Waals surface area contributed by atoms with Crippen molar-refractivity contribution in [2.75, 3.05) is 44.2 Å². The summed E-state index contributed by atoms with van der Waals surface area (Å²) in [5.41, 5.74) is 1.94. The molecule has 1 amide bonds. The van der Waals surface area contributed by atoms with Crippen molar-refractivity contribution in [2.45, 2.75) is 38.6 Å². The number of hydrogen-bond donors (Lipinski definition) is 2. The van der Waals surface area contributed by atoms with Crippen molar-refractivity contribution in [2.24, 2.45) is 5.92 Å². The van der Waals surface area contributed by atoms with Crippen LogP contribution in [-0.2, 0) is 0 Å². The van der Waals surface area contributed by atoms with Gasteiger partial charge in [0.2, 0.25) is 0 Å². The standard InChI is InChI=1S/C20H31N3O2/c1-2-22-11-13-23(14-12-22)19-9-5-17(6-10-19)20(25)21-18-7-3-16(15-24)4-8-18/h5-6,9-10,16,18,24H,2-4,7-8,11-15H2,1H3,(H,21,25). The van der Waals surface area contributed by atoms with Crippen LogP contribution in [0.2, 0.25) is 0 Å². The molecule has 1 aliphatic carbocycles. The average Bonchev–Trinajstić information content (AvgIpc) is 2.69. The minimum atomic E-state index is 0.0230. The number of hydrogen-bond acceptors (Lipinski definition) is 4. The van der Waals surface area contributed by atoms with Crippen molar-refractivity contribution < 1.29 is 9.90 Å². The number of aliphatic hydroxyl groups excluding tert-OH is 1. The summed E-state index contributed by atoms with van der Waals surface area (Å²) in [6.45, 7) is 7.91. The van der Waals surface area contributed by atoms with Crippen LogP contribution in [0.5, 0.6) is 0 Å². The molecule has 138 valence electrons. The highest BCUT2D eigenvalue weighted by atomic mass is 16.3. The molecule has 5 heteroatoms. The Morgan fingerprint density at radius 3 is 2.28 bits per heavy atom. The van der Waals surface area contributed by atoms with Gasteiger partial charge in [0.1, 0.15) is 0 Å². The second kappa shape index (κ2) is 8.68. The maximum Gasteiger partial charge on any atom is 0.251 e. The lowest BCUT2D eigenvalue weighted by Crippen LogP contribution is -2.46. The number of nitrogens with zero attached hydrogens (tertiary/aromatic N) is 2. The van der Waals surface area contributed by atoms with Gasteiger partial charge < -0.3 is 20.2 Å². The van der Waals surface area contributed by atoms with Crippen molar-refractivity contribution >= 4 is 11.6 Å². The third kappa shape index (κ3) is 4.73. The number of likely N-dealkylation sites (N-methyl/N-ethyl adjacent to an activating group) is 1. The van der Waals surface area contributed by atoms with E-state index < -0.39 is 0 Å². The number of benzene rings is 1. The van der Waals surface area contributed by atoms with Gasteiger partial charge in [-0.15, -0.1) is 0 Å². The zero-order chi connectivity index (χ0) is 17.6. The van der Waals surface area contributed by atoms with Crippen LogP contribution in [-0.4, -0.2) is 61.3 Å². The summed E-state index contributed by atoms with van der Waals surface area (Å²) in [5.74, 6) is 0.440. The van der Waals surface area contributed by atoms with Crippen LogP contribution in [0.4, 0.5) is 5.69 Å². The number of anilines is 1. The van der Waals surface area contributed by atoms with E-state index in [1.54, 1.807) is 0 Å². The molecule has 0 unspecified atom stereocenters. The maximum atomic E-state index is 12.5. The molecule has 3 rings (SSSR count). The highest BCUT2D eigenvalue weighted by molar-refractivity contribution is 5.94. The van der Waals surface area contributed by atoms with Crippen LogP contribution in [0.1, 0.15) is 43.0 Å². The fraction of sp³-hybridized carbons (Fsp3) is 0.650. The van der Waals surface area contributed by atoms with Gasteiger partial charge in [0.15, 0.2) is 0 Å². The Hall–Kier alpha value is -1.59. The van der Waals surface area contributed by atoms with E-state index in [4.69, 9.17) is 0 Å². The first kappa shape index (κ1) is 18.2. The predicted molar refractivity (Wildman–Crippen MR) is 101 cm³/mol. The zero-order valence-electron chi connectivity index (χ0n) is 15.3. The first-order chi connectivity index (χ1) is 12.2. The largest absolute Gasteiger partial charge is 0.396 e. The second-order valence-electron chi connectivity index (χ2n) is 7.34. The molecule has 1 saturated carbocycles. The molecule has 0 spiro atoms. The average molecular weight is 345 g/mol. The summed E-state index contributed by atoms with van der Waals surface area (Å²) in [7, 11) is 0. The van der Waals surface area contributed by atoms with Gasteiger partial charge in [-0.3, -0.25) is 4.79 Å². The molecule has 0 atom stereocenters. The molecule has 1 aliphatic heterocycles. The van der Waals surface area contributed by atoms with E-state index in [9.17, 15) is 9.90 Å². The van der Waals surface area contributed by atoms with Crippen molar-refractivity contribution in [3.8, 4) is 0 Å². The molecule has 1 heterocycles. The normalized spacial score (nSPS) is 25.0. The van der Waals surface area contributed by atoms with Gasteiger partial charge in [-0.05, 0) is 62.4 Å². The zero-order valence-corrected chi connectivity index (χ0v) is 15.3. The second-order valence-corrected chi connectivity index (χ2v) is 7.34. The van der Waals surface area contributed by atoms with Crippen LogP contribution < -0.4 is 10.2 Å². The maximum absolute atomic E-state index is 12.5. The number of amides is 1. The topological polar surface area (TPSA) is 55.8 Å². The molecule has 1 aromatic carbocycles. The van der Waals surface area contributed by atoms with Crippen molar-refractivity contribution in [1.82, 2.24) is 10.2 Å². The summed E-state index contributed by atoms with van der Waals surface area (Å²) in [4.78, 5) is 17.3. The summed E-state index contributed by atoms with van der Waals surface area (Å²) >= 11 is 0. The molecule has 0 radical (unpaired) electrons. The Kier molecular flexibility index (Phi) is 6.32. The Bertz CT molecular complexity index is 545. The fourth-order valence-corrected chi connectivity index (χ4v) is 3.90. The van der Waals surface area contributed by atoms with E-state index in [1.807, 2.05) is 12.1 Å². The molecule has 1 saturated heterocycles. The molecule has 5 nitrogen and oxygen atoms in total. The van der Waals surface area contributed by atoms with Gasteiger partial charge in [-0.2, -0.15) is 0 Å². The van der Waals surface area contributed by atoms with E-state index in [1.165, 1.54) is 5.69 Å². The lowest BCUT2D eigenvalue weighted by Gasteiger charge is -2.35. The molecule has 2 fully saturated rings. The SMILES string of the molecule is CCN1CCN(c2ccc(C(=O)NC3CCC(CO)CC3)cc2)CC1. The smallest absolute Gasteiger partial charge is 0.251 e. The van der Waals surface area contributed by atoms with E-state index in [2.05, 4.69) is 34.2 Å². The van der Waals surface area contributed by atoms with Gasteiger partial charge in [0.25, 0.3) is 5.91 Å². The molecule has 1 aromatic rings. The highest BCUT2D eigenvalue weighted by Crippen LogP contribution is 2.24. The summed E-state index contributed by atoms with van der Waals surface area (Å²) in [5, 5.41) is 12.4. The van der Waals surface area contributed by atoms with Crippen LogP contribution in [0.3, 0.4) is 0 Å². The van der Waals surface area contributed by atoms with Crippen LogP contribution >= 0.6 is 0 Å². The van der Waals surface area contributed by atoms with E-state index in [0.29, 0.717) is 5.92 Å². The fourth-order valence-electron chi connectivity index (χ4n) is 3.90. The number of rotatable bonds is 5. The van der Waals surface area contributed by atoms with Gasteiger partial charge in [0, 0.05) is 50.1 Å². The minimum Gasteiger partial charge on any atom is -0.396 e. The molecular weight excluding hydrogens is 314 g/mol. The van der Waals surface area contributed by atoms with Crippen molar-refractivity contribution in [3.63, 3.8) is 0 Å². The Morgan fingerprint density at radius 1 is 1.08 bits per heavy atom. The lowest BCUT2D eigenvalue weighted by molar-refractivity contribution is 0.0914. The lowest BCUT2D eigenvalue weighted by atomic mass is 9.86. The highest BCUT2D eigenvalue weighted by Gasteiger charge is 2.22. The van der Waals surface area contributed by atoms with Gasteiger partial charge in [0.05, 0.1) is 0 Å². The molecule has 2 N–H and O–H groups in total. The number of piperazine rings is 1. The predicted octanol–water partition coefficient (Wildman–Crippen LogP) is 2.11. The third-order valence-electron chi connectivity index (χ3n) is 5.75. The molecule has 0 aromatic heterocycles. The molecular formula is C20H31N3O2. The minimum absolute atomic E-state index is 0.0230. The summed E-state index contributed by atoms with van der Waals surface area (Å²) in [6, 6.07) is 8.27. The Labute approximate surface area is 151 Å². The molecule has 25 heavy (non-hydrogen) atoms. The van der Waals surface area contributed by atoms with Crippen molar-refractivity contribution in [3.05, 3.63) is 29.8 Å². The number of carbonyl (C=O) groups is 1. The monoisotopic (exact) mass is 345 g/mol. The van der Waals surface area contributed by atoms with E-state index in [0.717, 1.165) is 64.0 Å². The van der Waals surface area contributed by atoms with Gasteiger partial charge in [-0.25, -0.2) is 0 Å². The first-order valence-electron chi connectivity index (χ1n) is 9.68. The van der Waals surface area contributed by atoms with Gasteiger partial charge >= 0.3 is 0 Å². The van der Waals surface area contributed by atoms with Crippen molar-refractivity contribution in [1.29, 1.82) is 0 Å². The van der Waals surface area contributed by atoms with Crippen LogP contribution in [0, 0.1) is 5.92 Å². The third-order valence-corrected chi connectivity index (χ3v) is 5.75. The number of carbonyl (C=O) groups excluding carboxylic acids is 1. The first-order valence-corrected chi connectivity index (χ1v) is 9.68. The van der Waals surface area contributed by atoms with E-state index >= 15 is 0 Å². The molecule has 2 aliphatic rings. The summed E-state index contributed by atoms with van der Waals surface area (Å²) < 4.78 is 0.